The van der Waals surface area contributed by atoms with Crippen LogP contribution in [-0.4, -0.2) is 19.9 Å². The Kier molecular flexibility index (Phi) is 15.4. The Morgan fingerprint density at radius 2 is 1.16 bits per heavy atom. The van der Waals surface area contributed by atoms with Gasteiger partial charge in [-0.3, -0.25) is 0 Å². The van der Waals surface area contributed by atoms with Crippen LogP contribution in [0.25, 0.3) is 0 Å². The van der Waals surface area contributed by atoms with Crippen LogP contribution in [0.15, 0.2) is 53.5 Å². The molecular formula is C24H31BrClFIN9. The number of nitrogens with two attached hydrogens (primary N) is 5. The van der Waals surface area contributed by atoms with Crippen LogP contribution in [0.3, 0.4) is 0 Å². The minimum Gasteiger partial charge on any atom is -0.396 e. The van der Waals surface area contributed by atoms with E-state index in [2.05, 4.69) is 58.5 Å². The number of aryl methyl sites for hydroxylation is 3. The smallest absolute Gasteiger partial charge is 0.146 e. The lowest BCUT2D eigenvalue weighted by atomic mass is 10.3. The van der Waals surface area contributed by atoms with Crippen LogP contribution in [0.5, 0.6) is 0 Å². The number of hydrogen-bond donors (Lipinski definition) is 5. The summed E-state index contributed by atoms with van der Waals surface area (Å²) in [6.07, 6.45) is 5.99. The number of halogens is 4. The fraction of sp³-hybridized carbons (Fsp3) is 0.167. The zero-order valence-electron chi connectivity index (χ0n) is 19.8. The molecule has 0 bridgehead atoms. The van der Waals surface area contributed by atoms with Crippen molar-refractivity contribution in [2.24, 2.45) is 0 Å². The van der Waals surface area contributed by atoms with Gasteiger partial charge in [-0.2, -0.15) is 0 Å². The van der Waals surface area contributed by atoms with E-state index in [-0.39, 0.29) is 13.2 Å². The van der Waals surface area contributed by atoms with Gasteiger partial charge in [0, 0.05) is 26.6 Å². The van der Waals surface area contributed by atoms with Crippen molar-refractivity contribution >= 4 is 79.1 Å². The molecule has 4 rings (SSSR count). The average molecular weight is 707 g/mol. The van der Waals surface area contributed by atoms with E-state index in [4.69, 9.17) is 40.3 Å². The van der Waals surface area contributed by atoms with Crippen LogP contribution >= 0.6 is 50.1 Å². The summed E-state index contributed by atoms with van der Waals surface area (Å²) in [5.41, 5.74) is 30.1. The number of rotatable bonds is 0. The molecule has 0 spiro atoms. The van der Waals surface area contributed by atoms with Crippen molar-refractivity contribution in [3.05, 3.63) is 84.6 Å². The van der Waals surface area contributed by atoms with Gasteiger partial charge in [0.05, 0.1) is 16.9 Å². The molecule has 0 aliphatic carbocycles. The maximum Gasteiger partial charge on any atom is 0.146 e. The molecule has 0 aromatic carbocycles. The Morgan fingerprint density at radius 3 is 1.54 bits per heavy atom. The number of anilines is 5. The summed E-state index contributed by atoms with van der Waals surface area (Å²) in [6, 6.07) is 6.84. The number of aromatic nitrogens is 4. The van der Waals surface area contributed by atoms with E-state index < -0.39 is 0 Å². The number of hydrogen-bond acceptors (Lipinski definition) is 9. The fourth-order valence-electron chi connectivity index (χ4n) is 2.12. The van der Waals surface area contributed by atoms with Crippen molar-refractivity contribution in [1.82, 2.24) is 19.9 Å². The highest BCUT2D eigenvalue weighted by Crippen LogP contribution is 2.14. The molecule has 0 fully saturated rings. The van der Waals surface area contributed by atoms with Gasteiger partial charge >= 0.3 is 0 Å². The molecule has 0 aliphatic rings. The minimum atomic E-state index is -0.346. The summed E-state index contributed by atoms with van der Waals surface area (Å²) in [4.78, 5) is 15.1. The van der Waals surface area contributed by atoms with Crippen LogP contribution in [0.2, 0.25) is 5.02 Å². The summed E-state index contributed by atoms with van der Waals surface area (Å²) < 4.78 is 14.2. The highest BCUT2D eigenvalue weighted by Gasteiger charge is 1.95. The third-order valence-corrected chi connectivity index (χ3v) is 5.40. The molecule has 4 aromatic heterocycles. The molecule has 0 saturated heterocycles. The fourth-order valence-corrected chi connectivity index (χ4v) is 3.25. The first-order valence-corrected chi connectivity index (χ1v) is 12.3. The molecule has 10 N–H and O–H groups in total. The van der Waals surface area contributed by atoms with E-state index in [1.165, 1.54) is 12.3 Å². The molecule has 0 radical (unpaired) electrons. The third-order valence-electron chi connectivity index (χ3n) is 4.17. The van der Waals surface area contributed by atoms with Gasteiger partial charge in [0.25, 0.3) is 0 Å². The van der Waals surface area contributed by atoms with Crippen molar-refractivity contribution < 1.29 is 4.39 Å². The van der Waals surface area contributed by atoms with Gasteiger partial charge in [-0.25, -0.2) is 24.3 Å². The minimum absolute atomic E-state index is 0. The van der Waals surface area contributed by atoms with Crippen molar-refractivity contribution in [3.8, 4) is 0 Å². The maximum absolute atomic E-state index is 12.2. The lowest BCUT2D eigenvalue weighted by Crippen LogP contribution is -1.97. The van der Waals surface area contributed by atoms with E-state index in [9.17, 15) is 4.39 Å². The predicted molar refractivity (Wildman–Crippen MR) is 165 cm³/mol. The topological polar surface area (TPSA) is 182 Å². The Balaban J connectivity index is 0.000000463. The molecule has 0 aliphatic heterocycles. The zero-order chi connectivity index (χ0) is 27.4. The summed E-state index contributed by atoms with van der Waals surface area (Å²) in [5, 5.41) is 0.627. The standard InChI is InChI=1S/C6H7BrN2.C6H7ClN2.C6H7FN2.C5H6IN3.CH4/c3*1-4-2-5(7)3-9-6(4)8;6-3-1-4(7)5(8)9-2-3;/h3*2-3H,1H3,(H2,8,9);1-2H,7H2,(H2,8,9);1H4. The highest BCUT2D eigenvalue weighted by atomic mass is 127. The quantitative estimate of drug-likeness (QED) is 0.138. The molecule has 4 aromatic rings. The number of pyridine rings is 4. The van der Waals surface area contributed by atoms with Crippen LogP contribution in [-0.2, 0) is 0 Å². The SMILES string of the molecule is C.Cc1cc(Br)cnc1N.Cc1cc(Cl)cnc1N.Cc1cc(F)cnc1N.Nc1cc(I)cnc1N. The van der Waals surface area contributed by atoms with Gasteiger partial charge in [0.1, 0.15) is 29.1 Å². The van der Waals surface area contributed by atoms with Crippen molar-refractivity contribution in [2.45, 2.75) is 28.2 Å². The molecule has 4 heterocycles. The van der Waals surface area contributed by atoms with E-state index in [0.29, 0.717) is 39.5 Å². The zero-order valence-corrected chi connectivity index (χ0v) is 24.3. The lowest BCUT2D eigenvalue weighted by Gasteiger charge is -1.96. The Bertz CT molecular complexity index is 1100. The van der Waals surface area contributed by atoms with Gasteiger partial charge < -0.3 is 28.7 Å². The first-order chi connectivity index (χ1) is 16.8. The molecule has 9 nitrogen and oxygen atoms in total. The normalized spacial score (nSPS) is 9.27. The highest BCUT2D eigenvalue weighted by molar-refractivity contribution is 14.1. The maximum atomic E-state index is 12.2. The lowest BCUT2D eigenvalue weighted by molar-refractivity contribution is 0.620. The Hall–Kier alpha value is -2.97. The van der Waals surface area contributed by atoms with Crippen molar-refractivity contribution in [1.29, 1.82) is 0 Å². The first-order valence-electron chi connectivity index (χ1n) is 10.1. The second kappa shape index (κ2) is 16.7. The van der Waals surface area contributed by atoms with Gasteiger partial charge in [-0.1, -0.05) is 19.0 Å². The van der Waals surface area contributed by atoms with E-state index in [1.807, 2.05) is 19.9 Å². The van der Waals surface area contributed by atoms with Crippen LogP contribution in [0.4, 0.5) is 33.3 Å². The molecule has 0 atom stereocenters. The molecule has 0 amide bonds. The summed E-state index contributed by atoms with van der Waals surface area (Å²) in [7, 11) is 0. The summed E-state index contributed by atoms with van der Waals surface area (Å²) >= 11 is 11.0. The second-order valence-electron chi connectivity index (χ2n) is 7.20. The van der Waals surface area contributed by atoms with E-state index in [0.717, 1.165) is 25.4 Å². The molecular weight excluding hydrogens is 676 g/mol. The first kappa shape index (κ1) is 34.0. The Labute approximate surface area is 243 Å². The number of nitrogen functional groups attached to an aromatic ring is 5. The average Bonchev–Trinajstić information content (AvgIpc) is 2.81. The van der Waals surface area contributed by atoms with Crippen LogP contribution in [0, 0.1) is 30.2 Å². The van der Waals surface area contributed by atoms with Gasteiger partial charge in [-0.15, -0.1) is 0 Å². The van der Waals surface area contributed by atoms with Gasteiger partial charge in [0.15, 0.2) is 0 Å². The second-order valence-corrected chi connectivity index (χ2v) is 9.79. The monoisotopic (exact) mass is 705 g/mol. The van der Waals surface area contributed by atoms with Crippen molar-refractivity contribution in [3.63, 3.8) is 0 Å². The largest absolute Gasteiger partial charge is 0.396 e. The molecule has 0 saturated carbocycles. The molecule has 13 heteroatoms. The molecule has 0 unspecified atom stereocenters. The van der Waals surface area contributed by atoms with Crippen LogP contribution < -0.4 is 28.7 Å². The van der Waals surface area contributed by atoms with Gasteiger partial charge in [-0.05, 0) is 100 Å². The van der Waals surface area contributed by atoms with E-state index >= 15 is 0 Å². The van der Waals surface area contributed by atoms with Crippen LogP contribution in [0.1, 0.15) is 24.1 Å². The third kappa shape index (κ3) is 13.2. The van der Waals surface area contributed by atoms with Crippen molar-refractivity contribution in [2.75, 3.05) is 28.7 Å². The summed E-state index contributed by atoms with van der Waals surface area (Å²) in [6.45, 7) is 5.51. The predicted octanol–water partition coefficient (Wildman–Crippen LogP) is 5.96. The van der Waals surface area contributed by atoms with E-state index in [1.54, 1.807) is 31.5 Å². The summed E-state index contributed by atoms with van der Waals surface area (Å²) in [5.74, 6) is 1.58. The number of nitrogens with zero attached hydrogens (tertiary/aromatic N) is 4. The Morgan fingerprint density at radius 1 is 0.703 bits per heavy atom. The molecule has 37 heavy (non-hydrogen) atoms. The molecule has 200 valence electrons. The van der Waals surface area contributed by atoms with Gasteiger partial charge in [0.2, 0.25) is 0 Å².